The zero-order chi connectivity index (χ0) is 12.3. The summed E-state index contributed by atoms with van der Waals surface area (Å²) in [6, 6.07) is 1.69. The van der Waals surface area contributed by atoms with E-state index in [-0.39, 0.29) is 5.91 Å². The number of hydrogen-bond donors (Lipinski definition) is 2. The monoisotopic (exact) mass is 238 g/mol. The predicted molar refractivity (Wildman–Crippen MR) is 62.1 cm³/mol. The second-order valence-electron chi connectivity index (χ2n) is 4.37. The van der Waals surface area contributed by atoms with Crippen molar-refractivity contribution >= 4 is 5.91 Å². The van der Waals surface area contributed by atoms with Crippen LogP contribution in [0.25, 0.3) is 0 Å². The van der Waals surface area contributed by atoms with Gasteiger partial charge < -0.3 is 9.15 Å². The van der Waals surface area contributed by atoms with Crippen LogP contribution >= 0.6 is 0 Å². The van der Waals surface area contributed by atoms with Crippen LogP contribution in [0, 0.1) is 6.92 Å². The number of nitrogen functional groups attached to an aromatic ring is 1. The Morgan fingerprint density at radius 2 is 2.29 bits per heavy atom. The number of ether oxygens (including phenoxy) is 1. The summed E-state index contributed by atoms with van der Waals surface area (Å²) in [5.41, 5.74) is 2.56. The molecule has 1 aliphatic rings. The Balaban J connectivity index is 1.94. The van der Waals surface area contributed by atoms with Gasteiger partial charge in [0.2, 0.25) is 0 Å². The number of nitrogens with two attached hydrogens (primary N) is 1. The third-order valence-electron chi connectivity index (χ3n) is 3.11. The number of amides is 1. The van der Waals surface area contributed by atoms with E-state index in [2.05, 4.69) is 5.43 Å². The van der Waals surface area contributed by atoms with Crippen LogP contribution in [0.4, 0.5) is 0 Å². The highest BCUT2D eigenvalue weighted by atomic mass is 16.5. The fraction of sp³-hybridized carbons (Fsp3) is 0.583. The molecular weight excluding hydrogens is 220 g/mol. The fourth-order valence-electron chi connectivity index (χ4n) is 2.17. The first kappa shape index (κ1) is 12.1. The minimum absolute atomic E-state index is 0.335. The van der Waals surface area contributed by atoms with Crippen LogP contribution in [0.3, 0.4) is 0 Å². The Morgan fingerprint density at radius 1 is 1.59 bits per heavy atom. The molecule has 5 nitrogen and oxygen atoms in total. The molecule has 0 radical (unpaired) electrons. The summed E-state index contributed by atoms with van der Waals surface area (Å²) in [6.07, 6.45) is 5.06. The molecule has 0 bridgehead atoms. The molecule has 17 heavy (non-hydrogen) atoms. The second kappa shape index (κ2) is 5.33. The molecule has 5 heteroatoms. The van der Waals surface area contributed by atoms with Crippen LogP contribution in [0.1, 0.15) is 47.6 Å². The lowest BCUT2D eigenvalue weighted by Crippen LogP contribution is -2.30. The van der Waals surface area contributed by atoms with Gasteiger partial charge in [0.1, 0.15) is 18.1 Å². The number of hydrogen-bond acceptors (Lipinski definition) is 4. The average molecular weight is 238 g/mol. The van der Waals surface area contributed by atoms with Crippen molar-refractivity contribution in [2.45, 2.75) is 45.3 Å². The van der Waals surface area contributed by atoms with Gasteiger partial charge in [0.05, 0.1) is 11.7 Å². The van der Waals surface area contributed by atoms with Gasteiger partial charge in [-0.3, -0.25) is 10.2 Å². The van der Waals surface area contributed by atoms with Gasteiger partial charge in [-0.25, -0.2) is 5.84 Å². The molecule has 1 amide bonds. The van der Waals surface area contributed by atoms with Crippen LogP contribution < -0.4 is 11.3 Å². The summed E-state index contributed by atoms with van der Waals surface area (Å²) in [5, 5.41) is 0. The van der Waals surface area contributed by atoms with Crippen molar-refractivity contribution in [2.24, 2.45) is 5.84 Å². The van der Waals surface area contributed by atoms with E-state index in [9.17, 15) is 4.79 Å². The third kappa shape index (κ3) is 2.87. The van der Waals surface area contributed by atoms with Crippen molar-refractivity contribution in [2.75, 3.05) is 0 Å². The molecular formula is C12H18N2O3. The molecule has 1 aliphatic carbocycles. The van der Waals surface area contributed by atoms with E-state index in [0.717, 1.165) is 12.8 Å². The molecule has 0 aromatic carbocycles. The highest BCUT2D eigenvalue weighted by molar-refractivity contribution is 5.94. The molecule has 0 unspecified atom stereocenters. The summed E-state index contributed by atoms with van der Waals surface area (Å²) < 4.78 is 11.2. The molecule has 94 valence electrons. The van der Waals surface area contributed by atoms with E-state index >= 15 is 0 Å². The Labute approximate surface area is 100 Å². The molecule has 3 N–H and O–H groups in total. The topological polar surface area (TPSA) is 77.5 Å². The van der Waals surface area contributed by atoms with Crippen LogP contribution in [-0.2, 0) is 11.3 Å². The van der Waals surface area contributed by atoms with E-state index in [4.69, 9.17) is 15.0 Å². The number of carbonyl (C=O) groups excluding carboxylic acids is 1. The van der Waals surface area contributed by atoms with Crippen molar-refractivity contribution in [3.8, 4) is 0 Å². The molecule has 2 rings (SSSR count). The fourth-order valence-corrected chi connectivity index (χ4v) is 2.17. The van der Waals surface area contributed by atoms with Crippen LogP contribution in [0.2, 0.25) is 0 Å². The van der Waals surface area contributed by atoms with E-state index in [1.54, 1.807) is 13.0 Å². The summed E-state index contributed by atoms with van der Waals surface area (Å²) in [7, 11) is 0. The van der Waals surface area contributed by atoms with Crippen molar-refractivity contribution in [1.29, 1.82) is 0 Å². The zero-order valence-electron chi connectivity index (χ0n) is 9.99. The number of rotatable bonds is 4. The number of hydrazine groups is 1. The maximum Gasteiger partial charge on any atom is 0.268 e. The minimum atomic E-state index is -0.335. The van der Waals surface area contributed by atoms with Gasteiger partial charge in [0.25, 0.3) is 5.91 Å². The normalized spacial score (nSPS) is 16.4. The zero-order valence-corrected chi connectivity index (χ0v) is 9.99. The van der Waals surface area contributed by atoms with E-state index in [1.807, 2.05) is 0 Å². The van der Waals surface area contributed by atoms with Crippen LogP contribution in [0.5, 0.6) is 0 Å². The number of carbonyl (C=O) groups is 1. The number of aryl methyl sites for hydroxylation is 1. The van der Waals surface area contributed by atoms with E-state index < -0.39 is 0 Å². The maximum absolute atomic E-state index is 11.4. The third-order valence-corrected chi connectivity index (χ3v) is 3.11. The Bertz CT molecular complexity index is 394. The first-order valence-corrected chi connectivity index (χ1v) is 5.92. The quantitative estimate of drug-likeness (QED) is 0.475. The lowest BCUT2D eigenvalue weighted by atomic mass is 10.2. The van der Waals surface area contributed by atoms with Crippen molar-refractivity contribution in [3.05, 3.63) is 23.2 Å². The number of furan rings is 1. The highest BCUT2D eigenvalue weighted by Crippen LogP contribution is 2.23. The van der Waals surface area contributed by atoms with Gasteiger partial charge in [0.15, 0.2) is 0 Å². The summed E-state index contributed by atoms with van der Waals surface area (Å²) in [4.78, 5) is 11.4. The Kier molecular flexibility index (Phi) is 3.81. The predicted octanol–water partition coefficient (Wildman–Crippen LogP) is 1.65. The van der Waals surface area contributed by atoms with Gasteiger partial charge in [0, 0.05) is 0 Å². The maximum atomic E-state index is 11.4. The smallest absolute Gasteiger partial charge is 0.268 e. The average Bonchev–Trinajstić information content (AvgIpc) is 2.94. The highest BCUT2D eigenvalue weighted by Gasteiger charge is 2.18. The van der Waals surface area contributed by atoms with Gasteiger partial charge in [-0.05, 0) is 25.8 Å². The number of nitrogens with one attached hydrogen (secondary N) is 1. The molecule has 1 aromatic rings. The molecule has 0 spiro atoms. The van der Waals surface area contributed by atoms with E-state index in [0.29, 0.717) is 29.8 Å². The Hall–Kier alpha value is -1.33. The SMILES string of the molecule is Cc1oc(COC2CCCC2)cc1C(=O)NN. The molecule has 1 fully saturated rings. The molecule has 0 atom stereocenters. The lowest BCUT2D eigenvalue weighted by Gasteiger charge is -2.08. The van der Waals surface area contributed by atoms with Crippen molar-refractivity contribution in [1.82, 2.24) is 5.43 Å². The molecule has 0 aliphatic heterocycles. The second-order valence-corrected chi connectivity index (χ2v) is 4.37. The van der Waals surface area contributed by atoms with Crippen molar-refractivity contribution < 1.29 is 13.9 Å². The summed E-state index contributed by atoms with van der Waals surface area (Å²) in [6.45, 7) is 2.16. The molecule has 1 aromatic heterocycles. The van der Waals surface area contributed by atoms with Gasteiger partial charge in [-0.15, -0.1) is 0 Å². The first-order chi connectivity index (χ1) is 8.20. The van der Waals surface area contributed by atoms with Crippen LogP contribution in [-0.4, -0.2) is 12.0 Å². The summed E-state index contributed by atoms with van der Waals surface area (Å²) >= 11 is 0. The minimum Gasteiger partial charge on any atom is -0.463 e. The van der Waals surface area contributed by atoms with Gasteiger partial charge in [-0.1, -0.05) is 12.8 Å². The largest absolute Gasteiger partial charge is 0.463 e. The van der Waals surface area contributed by atoms with Crippen LogP contribution in [0.15, 0.2) is 10.5 Å². The van der Waals surface area contributed by atoms with Gasteiger partial charge >= 0.3 is 0 Å². The lowest BCUT2D eigenvalue weighted by molar-refractivity contribution is 0.0354. The molecule has 1 saturated carbocycles. The first-order valence-electron chi connectivity index (χ1n) is 5.92. The van der Waals surface area contributed by atoms with E-state index in [1.165, 1.54) is 12.8 Å². The standard InChI is InChI=1S/C12H18N2O3/c1-8-11(12(15)14-13)6-10(17-8)7-16-9-4-2-3-5-9/h6,9H,2-5,7,13H2,1H3,(H,14,15). The Morgan fingerprint density at radius 3 is 2.94 bits per heavy atom. The van der Waals surface area contributed by atoms with Crippen molar-refractivity contribution in [3.63, 3.8) is 0 Å². The molecule has 1 heterocycles. The summed E-state index contributed by atoms with van der Waals surface area (Å²) in [5.74, 6) is 5.99. The van der Waals surface area contributed by atoms with Gasteiger partial charge in [-0.2, -0.15) is 0 Å². The molecule has 0 saturated heterocycles.